The van der Waals surface area contributed by atoms with Crippen LogP contribution in [-0.2, 0) is 6.42 Å². The van der Waals surface area contributed by atoms with Gasteiger partial charge in [0.1, 0.15) is 0 Å². The minimum atomic E-state index is 0. The largest absolute Gasteiger partial charge is 0.316 e. The molecule has 0 amide bonds. The first kappa shape index (κ1) is 11.5. The van der Waals surface area contributed by atoms with Crippen LogP contribution in [0.1, 0.15) is 18.4 Å². The predicted octanol–water partition coefficient (Wildman–Crippen LogP) is 2.65. The first-order valence-corrected chi connectivity index (χ1v) is 5.20. The lowest BCUT2D eigenvalue weighted by Gasteiger charge is -2.07. The molecule has 1 nitrogen and oxygen atoms in total. The van der Waals surface area contributed by atoms with Crippen molar-refractivity contribution in [3.8, 4) is 0 Å². The molecule has 1 fully saturated rings. The van der Waals surface area contributed by atoms with Gasteiger partial charge in [-0.3, -0.25) is 0 Å². The molecule has 2 heteroatoms. The molecule has 0 bridgehead atoms. The highest BCUT2D eigenvalue weighted by molar-refractivity contribution is 5.85. The van der Waals surface area contributed by atoms with Gasteiger partial charge in [0.15, 0.2) is 0 Å². The third-order valence-corrected chi connectivity index (χ3v) is 2.85. The van der Waals surface area contributed by atoms with Crippen molar-refractivity contribution in [2.45, 2.75) is 19.3 Å². The Bertz CT molecular complexity index is 242. The Balaban J connectivity index is 0.000000980. The Morgan fingerprint density at radius 2 is 2.00 bits per heavy atom. The smallest absolute Gasteiger partial charge is 0.00199 e. The van der Waals surface area contributed by atoms with Crippen molar-refractivity contribution < 1.29 is 0 Å². The van der Waals surface area contributed by atoms with Gasteiger partial charge in [0, 0.05) is 0 Å². The van der Waals surface area contributed by atoms with Gasteiger partial charge in [0.2, 0.25) is 0 Å². The van der Waals surface area contributed by atoms with Gasteiger partial charge < -0.3 is 5.32 Å². The molecule has 1 aliphatic heterocycles. The molecule has 0 spiro atoms. The average Bonchev–Trinajstić information content (AvgIpc) is 2.69. The van der Waals surface area contributed by atoms with Gasteiger partial charge >= 0.3 is 0 Å². The summed E-state index contributed by atoms with van der Waals surface area (Å²) in [5, 5.41) is 3.41. The zero-order valence-corrected chi connectivity index (χ0v) is 9.22. The molecular formula is C12H18ClN. The Morgan fingerprint density at radius 3 is 2.64 bits per heavy atom. The Labute approximate surface area is 92.3 Å². The third-order valence-electron chi connectivity index (χ3n) is 2.85. The zero-order chi connectivity index (χ0) is 8.93. The van der Waals surface area contributed by atoms with E-state index in [4.69, 9.17) is 0 Å². The van der Waals surface area contributed by atoms with E-state index >= 15 is 0 Å². The van der Waals surface area contributed by atoms with Crippen LogP contribution in [0, 0.1) is 5.92 Å². The molecule has 1 unspecified atom stereocenters. The van der Waals surface area contributed by atoms with Crippen LogP contribution in [0.25, 0.3) is 0 Å². The second-order valence-corrected chi connectivity index (χ2v) is 3.88. The lowest BCUT2D eigenvalue weighted by atomic mass is 9.99. The van der Waals surface area contributed by atoms with Crippen molar-refractivity contribution >= 4 is 12.4 Å². The summed E-state index contributed by atoms with van der Waals surface area (Å²) in [5.41, 5.74) is 1.48. The minimum Gasteiger partial charge on any atom is -0.316 e. The van der Waals surface area contributed by atoms with Gasteiger partial charge in [-0.25, -0.2) is 0 Å². The number of rotatable bonds is 3. The zero-order valence-electron chi connectivity index (χ0n) is 8.41. The molecule has 14 heavy (non-hydrogen) atoms. The van der Waals surface area contributed by atoms with Gasteiger partial charge in [-0.05, 0) is 43.8 Å². The van der Waals surface area contributed by atoms with E-state index in [9.17, 15) is 0 Å². The number of benzene rings is 1. The molecule has 0 saturated carbocycles. The number of halogens is 1. The van der Waals surface area contributed by atoms with Crippen molar-refractivity contribution in [1.29, 1.82) is 0 Å². The number of hydrogen-bond acceptors (Lipinski definition) is 1. The Hall–Kier alpha value is -0.530. The van der Waals surface area contributed by atoms with Crippen LogP contribution in [0.5, 0.6) is 0 Å². The lowest BCUT2D eigenvalue weighted by Crippen LogP contribution is -2.09. The molecule has 1 aromatic rings. The molecule has 78 valence electrons. The molecule has 1 heterocycles. The second-order valence-electron chi connectivity index (χ2n) is 3.88. The molecule has 0 aliphatic carbocycles. The fraction of sp³-hybridized carbons (Fsp3) is 0.500. The SMILES string of the molecule is Cl.c1ccc(CCC2CCNC2)cc1. The normalized spacial score (nSPS) is 20.4. The summed E-state index contributed by atoms with van der Waals surface area (Å²) in [6, 6.07) is 10.8. The molecule has 0 aromatic heterocycles. The van der Waals surface area contributed by atoms with Crippen LogP contribution in [0.4, 0.5) is 0 Å². The molecule has 2 rings (SSSR count). The van der Waals surface area contributed by atoms with Crippen LogP contribution >= 0.6 is 12.4 Å². The van der Waals surface area contributed by atoms with Gasteiger partial charge in [0.25, 0.3) is 0 Å². The van der Waals surface area contributed by atoms with Gasteiger partial charge in [-0.2, -0.15) is 0 Å². The summed E-state index contributed by atoms with van der Waals surface area (Å²) in [4.78, 5) is 0. The van der Waals surface area contributed by atoms with Crippen molar-refractivity contribution in [2.24, 2.45) is 5.92 Å². The number of nitrogens with one attached hydrogen (secondary N) is 1. The van der Waals surface area contributed by atoms with Crippen LogP contribution < -0.4 is 5.32 Å². The van der Waals surface area contributed by atoms with Crippen LogP contribution in [0.3, 0.4) is 0 Å². The van der Waals surface area contributed by atoms with E-state index in [1.165, 1.54) is 37.9 Å². The number of aryl methyl sites for hydroxylation is 1. The predicted molar refractivity (Wildman–Crippen MR) is 63.0 cm³/mol. The summed E-state index contributed by atoms with van der Waals surface area (Å²) in [5.74, 6) is 0.917. The van der Waals surface area contributed by atoms with Gasteiger partial charge in [0.05, 0.1) is 0 Å². The first-order chi connectivity index (χ1) is 6.45. The topological polar surface area (TPSA) is 12.0 Å². The van der Waals surface area contributed by atoms with Crippen molar-refractivity contribution in [1.82, 2.24) is 5.32 Å². The van der Waals surface area contributed by atoms with E-state index in [0.717, 1.165) is 5.92 Å². The first-order valence-electron chi connectivity index (χ1n) is 5.20. The summed E-state index contributed by atoms with van der Waals surface area (Å²) < 4.78 is 0. The van der Waals surface area contributed by atoms with Gasteiger partial charge in [-0.1, -0.05) is 30.3 Å². The Kier molecular flexibility index (Phi) is 4.99. The Morgan fingerprint density at radius 1 is 1.21 bits per heavy atom. The van der Waals surface area contributed by atoms with Gasteiger partial charge in [-0.15, -0.1) is 12.4 Å². The molecule has 0 radical (unpaired) electrons. The highest BCUT2D eigenvalue weighted by Gasteiger charge is 2.13. The molecule has 1 atom stereocenters. The maximum absolute atomic E-state index is 3.41. The van der Waals surface area contributed by atoms with E-state index in [1.807, 2.05) is 0 Å². The average molecular weight is 212 g/mol. The van der Waals surface area contributed by atoms with Crippen molar-refractivity contribution in [3.63, 3.8) is 0 Å². The third kappa shape index (κ3) is 3.32. The lowest BCUT2D eigenvalue weighted by molar-refractivity contribution is 0.533. The van der Waals surface area contributed by atoms with Crippen molar-refractivity contribution in [3.05, 3.63) is 35.9 Å². The fourth-order valence-electron chi connectivity index (χ4n) is 1.98. The summed E-state index contributed by atoms with van der Waals surface area (Å²) >= 11 is 0. The van der Waals surface area contributed by atoms with Crippen LogP contribution in [0.15, 0.2) is 30.3 Å². The minimum absolute atomic E-state index is 0. The highest BCUT2D eigenvalue weighted by Crippen LogP contribution is 2.15. The maximum atomic E-state index is 3.41. The van der Waals surface area contributed by atoms with Crippen LogP contribution in [0.2, 0.25) is 0 Å². The second kappa shape index (κ2) is 6.05. The maximum Gasteiger partial charge on any atom is -0.00199 e. The highest BCUT2D eigenvalue weighted by atomic mass is 35.5. The monoisotopic (exact) mass is 211 g/mol. The quantitative estimate of drug-likeness (QED) is 0.811. The van der Waals surface area contributed by atoms with Crippen molar-refractivity contribution in [2.75, 3.05) is 13.1 Å². The molecule has 1 aliphatic rings. The van der Waals surface area contributed by atoms with E-state index < -0.39 is 0 Å². The van der Waals surface area contributed by atoms with E-state index in [-0.39, 0.29) is 12.4 Å². The fourth-order valence-corrected chi connectivity index (χ4v) is 1.98. The molecular weight excluding hydrogens is 194 g/mol. The molecule has 1 N–H and O–H groups in total. The van der Waals surface area contributed by atoms with Crippen LogP contribution in [-0.4, -0.2) is 13.1 Å². The van der Waals surface area contributed by atoms with E-state index in [0.29, 0.717) is 0 Å². The summed E-state index contributed by atoms with van der Waals surface area (Å²) in [7, 11) is 0. The van der Waals surface area contributed by atoms with E-state index in [2.05, 4.69) is 35.6 Å². The summed E-state index contributed by atoms with van der Waals surface area (Å²) in [6.07, 6.45) is 3.96. The standard InChI is InChI=1S/C12H17N.ClH/c1-2-4-11(5-3-1)6-7-12-8-9-13-10-12;/h1-5,12-13H,6-10H2;1H. The molecule has 1 saturated heterocycles. The number of hydrogen-bond donors (Lipinski definition) is 1. The summed E-state index contributed by atoms with van der Waals surface area (Å²) in [6.45, 7) is 2.45. The van der Waals surface area contributed by atoms with E-state index in [1.54, 1.807) is 0 Å². The molecule has 1 aromatic carbocycles.